The first kappa shape index (κ1) is 19.3. The van der Waals surface area contributed by atoms with Gasteiger partial charge in [0.2, 0.25) is 11.8 Å². The zero-order valence-corrected chi connectivity index (χ0v) is 18.7. The zero-order chi connectivity index (χ0) is 19.0. The van der Waals surface area contributed by atoms with Crippen LogP contribution in [0.5, 0.6) is 0 Å². The van der Waals surface area contributed by atoms with Crippen molar-refractivity contribution in [3.8, 4) is 0 Å². The molecule has 0 saturated heterocycles. The van der Waals surface area contributed by atoms with Crippen molar-refractivity contribution < 1.29 is 9.59 Å². The molecule has 2 amide bonds. The van der Waals surface area contributed by atoms with Gasteiger partial charge in [-0.05, 0) is 107 Å². The molecule has 0 bridgehead atoms. The molecule has 0 radical (unpaired) electrons. The molecule has 0 heterocycles. The van der Waals surface area contributed by atoms with Gasteiger partial charge < -0.3 is 10.6 Å². The number of rotatable bonds is 4. The molecule has 0 aliphatic heterocycles. The van der Waals surface area contributed by atoms with Crippen LogP contribution in [0.25, 0.3) is 0 Å². The van der Waals surface area contributed by atoms with Crippen molar-refractivity contribution in [1.29, 1.82) is 0 Å². The molecule has 26 heavy (non-hydrogen) atoms. The second-order valence-electron chi connectivity index (χ2n) is 6.43. The third-order valence-corrected chi connectivity index (χ3v) is 5.82. The standard InChI is InChI=1S/C20H18I2N2O2/c1-10-8-13(21)4-6-15(10)23-19(25)17-12(3)18(17)20(26)24-16-7-5-14(22)9-11(16)2/h4-9,17-18H,3H2,1-2H3,(H,23,25)(H,24,26). The molecule has 3 rings (SSSR count). The normalized spacial score (nSPS) is 18.4. The van der Waals surface area contributed by atoms with Crippen molar-refractivity contribution in [3.05, 3.63) is 66.8 Å². The second-order valence-corrected chi connectivity index (χ2v) is 8.92. The fourth-order valence-electron chi connectivity index (χ4n) is 2.91. The molecule has 0 spiro atoms. The third-order valence-electron chi connectivity index (χ3n) is 4.48. The fourth-order valence-corrected chi connectivity index (χ4v) is 4.20. The van der Waals surface area contributed by atoms with E-state index in [9.17, 15) is 9.59 Å². The average molecular weight is 572 g/mol. The van der Waals surface area contributed by atoms with E-state index in [2.05, 4.69) is 62.4 Å². The minimum absolute atomic E-state index is 0.182. The number of hydrogen-bond acceptors (Lipinski definition) is 2. The quantitative estimate of drug-likeness (QED) is 0.405. The van der Waals surface area contributed by atoms with Crippen molar-refractivity contribution in [2.75, 3.05) is 10.6 Å². The van der Waals surface area contributed by atoms with Crippen molar-refractivity contribution in [1.82, 2.24) is 0 Å². The summed E-state index contributed by atoms with van der Waals surface area (Å²) in [5.41, 5.74) is 4.18. The topological polar surface area (TPSA) is 58.2 Å². The summed E-state index contributed by atoms with van der Waals surface area (Å²) in [5, 5.41) is 5.83. The lowest BCUT2D eigenvalue weighted by molar-refractivity contribution is -0.122. The predicted octanol–water partition coefficient (Wildman–Crippen LogP) is 4.89. The molecular weight excluding hydrogens is 554 g/mol. The van der Waals surface area contributed by atoms with Crippen molar-refractivity contribution in [3.63, 3.8) is 0 Å². The highest BCUT2D eigenvalue weighted by Crippen LogP contribution is 2.46. The monoisotopic (exact) mass is 572 g/mol. The van der Waals surface area contributed by atoms with Crippen LogP contribution in [0.4, 0.5) is 11.4 Å². The van der Waals surface area contributed by atoms with Gasteiger partial charge >= 0.3 is 0 Å². The minimum Gasteiger partial charge on any atom is -0.325 e. The van der Waals surface area contributed by atoms with Crippen LogP contribution in [0.1, 0.15) is 11.1 Å². The van der Waals surface area contributed by atoms with E-state index in [-0.39, 0.29) is 11.8 Å². The van der Waals surface area contributed by atoms with Gasteiger partial charge in [0.05, 0.1) is 11.8 Å². The third kappa shape index (κ3) is 4.11. The zero-order valence-electron chi connectivity index (χ0n) is 14.4. The Balaban J connectivity index is 1.66. The number of carbonyl (C=O) groups excluding carboxylic acids is 2. The lowest BCUT2D eigenvalue weighted by Crippen LogP contribution is -2.21. The number of amides is 2. The maximum absolute atomic E-state index is 12.5. The summed E-state index contributed by atoms with van der Waals surface area (Å²) in [6.45, 7) is 7.80. The number of nitrogens with one attached hydrogen (secondary N) is 2. The number of carbonyl (C=O) groups is 2. The molecule has 4 nitrogen and oxygen atoms in total. The molecule has 1 saturated carbocycles. The summed E-state index contributed by atoms with van der Waals surface area (Å²) in [4.78, 5) is 25.1. The Kier molecular flexibility index (Phi) is 5.71. The molecule has 0 aromatic heterocycles. The Morgan fingerprint density at radius 3 is 1.58 bits per heavy atom. The van der Waals surface area contributed by atoms with Crippen molar-refractivity contribution in [2.24, 2.45) is 11.8 Å². The maximum atomic E-state index is 12.5. The Morgan fingerprint density at radius 1 is 0.846 bits per heavy atom. The van der Waals surface area contributed by atoms with Gasteiger partial charge in [-0.1, -0.05) is 12.2 Å². The van der Waals surface area contributed by atoms with Gasteiger partial charge in [-0.25, -0.2) is 0 Å². The van der Waals surface area contributed by atoms with Gasteiger partial charge in [-0.15, -0.1) is 0 Å². The van der Waals surface area contributed by atoms with E-state index in [0.717, 1.165) is 29.6 Å². The fraction of sp³-hybridized carbons (Fsp3) is 0.200. The van der Waals surface area contributed by atoms with E-state index < -0.39 is 11.8 Å². The van der Waals surface area contributed by atoms with Gasteiger partial charge in [0.25, 0.3) is 0 Å². The van der Waals surface area contributed by atoms with Crippen LogP contribution in [0.2, 0.25) is 0 Å². The van der Waals surface area contributed by atoms with Gasteiger partial charge in [-0.2, -0.15) is 0 Å². The van der Waals surface area contributed by atoms with E-state index >= 15 is 0 Å². The number of anilines is 2. The molecule has 2 unspecified atom stereocenters. The first-order valence-electron chi connectivity index (χ1n) is 8.10. The van der Waals surface area contributed by atoms with Crippen molar-refractivity contribution in [2.45, 2.75) is 13.8 Å². The highest BCUT2D eigenvalue weighted by molar-refractivity contribution is 14.1. The Hall–Kier alpha value is -1.42. The van der Waals surface area contributed by atoms with Crippen LogP contribution in [-0.2, 0) is 9.59 Å². The number of hydrogen-bond donors (Lipinski definition) is 2. The molecule has 2 aromatic rings. The largest absolute Gasteiger partial charge is 0.325 e. The minimum atomic E-state index is -0.474. The molecular formula is C20H18I2N2O2. The molecule has 2 atom stereocenters. The molecule has 1 fully saturated rings. The van der Waals surface area contributed by atoms with E-state index in [0.29, 0.717) is 5.57 Å². The molecule has 6 heteroatoms. The lowest BCUT2D eigenvalue weighted by Gasteiger charge is -2.10. The second kappa shape index (κ2) is 7.67. The smallest absolute Gasteiger partial charge is 0.232 e. The highest BCUT2D eigenvalue weighted by atomic mass is 127. The highest BCUT2D eigenvalue weighted by Gasteiger charge is 2.52. The van der Waals surface area contributed by atoms with Crippen LogP contribution in [0.3, 0.4) is 0 Å². The summed E-state index contributed by atoms with van der Waals surface area (Å²) in [6, 6.07) is 11.6. The Bertz CT molecular complexity index is 851. The molecule has 2 aromatic carbocycles. The summed E-state index contributed by atoms with van der Waals surface area (Å²) in [7, 11) is 0. The van der Waals surface area contributed by atoms with Crippen LogP contribution in [0, 0.1) is 32.8 Å². The average Bonchev–Trinajstić information content (AvgIpc) is 3.24. The van der Waals surface area contributed by atoms with Crippen LogP contribution < -0.4 is 10.6 Å². The maximum Gasteiger partial charge on any atom is 0.232 e. The summed E-state index contributed by atoms with van der Waals surface area (Å²) in [6.07, 6.45) is 0. The molecule has 1 aliphatic carbocycles. The van der Waals surface area contributed by atoms with Crippen LogP contribution in [-0.4, -0.2) is 11.8 Å². The Labute approximate surface area is 180 Å². The van der Waals surface area contributed by atoms with Crippen LogP contribution in [0.15, 0.2) is 48.6 Å². The van der Waals surface area contributed by atoms with Gasteiger partial charge in [0.15, 0.2) is 0 Å². The van der Waals surface area contributed by atoms with E-state index in [1.807, 2.05) is 50.2 Å². The molecule has 134 valence electrons. The summed E-state index contributed by atoms with van der Waals surface area (Å²) >= 11 is 4.46. The van der Waals surface area contributed by atoms with Crippen molar-refractivity contribution >= 4 is 68.4 Å². The first-order valence-corrected chi connectivity index (χ1v) is 10.3. The number of halogens is 2. The summed E-state index contributed by atoms with van der Waals surface area (Å²) < 4.78 is 2.22. The van der Waals surface area contributed by atoms with Gasteiger partial charge in [-0.3, -0.25) is 9.59 Å². The molecule has 1 aliphatic rings. The van der Waals surface area contributed by atoms with Gasteiger partial charge in [0.1, 0.15) is 0 Å². The first-order chi connectivity index (χ1) is 12.3. The van der Waals surface area contributed by atoms with E-state index in [1.165, 1.54) is 0 Å². The number of benzene rings is 2. The van der Waals surface area contributed by atoms with E-state index in [4.69, 9.17) is 0 Å². The summed E-state index contributed by atoms with van der Waals surface area (Å²) in [5.74, 6) is -1.31. The predicted molar refractivity (Wildman–Crippen MR) is 121 cm³/mol. The van der Waals surface area contributed by atoms with E-state index in [1.54, 1.807) is 0 Å². The number of aryl methyl sites for hydroxylation is 2. The van der Waals surface area contributed by atoms with Gasteiger partial charge in [0, 0.05) is 18.5 Å². The molecule has 2 N–H and O–H groups in total. The lowest BCUT2D eigenvalue weighted by atomic mass is 10.2. The van der Waals surface area contributed by atoms with Crippen LogP contribution >= 0.6 is 45.2 Å². The SMILES string of the molecule is C=C1C(C(=O)Nc2ccc(I)cc2C)C1C(=O)Nc1ccc(I)cc1C. The Morgan fingerprint density at radius 2 is 1.23 bits per heavy atom.